The number of nitrogen functional groups attached to an aromatic ring is 2. The number of amidine groups is 2. The fourth-order valence-electron chi connectivity index (χ4n) is 1.86. The highest BCUT2D eigenvalue weighted by molar-refractivity contribution is 5.95. The van der Waals surface area contributed by atoms with Gasteiger partial charge in [-0.25, -0.2) is 0 Å². The Morgan fingerprint density at radius 3 is 1.77 bits per heavy atom. The van der Waals surface area contributed by atoms with E-state index in [9.17, 15) is 9.59 Å². The molecular formula is C20H27N7O3. The first-order valence-corrected chi connectivity index (χ1v) is 8.46. The lowest BCUT2D eigenvalue weighted by Gasteiger charge is -2.01. The van der Waals surface area contributed by atoms with E-state index >= 15 is 0 Å². The summed E-state index contributed by atoms with van der Waals surface area (Å²) in [7, 11) is 0. The number of carbonyl (C=O) groups excluding carboxylic acids is 1. The van der Waals surface area contributed by atoms with Crippen LogP contribution in [0.5, 0.6) is 0 Å². The van der Waals surface area contributed by atoms with Crippen molar-refractivity contribution in [1.29, 1.82) is 10.8 Å². The zero-order valence-corrected chi connectivity index (χ0v) is 15.8. The van der Waals surface area contributed by atoms with E-state index in [0.29, 0.717) is 16.8 Å². The molecule has 0 unspecified atom stereocenters. The molecule has 160 valence electrons. The first-order valence-electron chi connectivity index (χ1n) is 8.46. The van der Waals surface area contributed by atoms with Crippen LogP contribution in [0.3, 0.4) is 0 Å². The van der Waals surface area contributed by atoms with Crippen molar-refractivity contribution in [3.8, 4) is 0 Å². The van der Waals surface area contributed by atoms with E-state index in [4.69, 9.17) is 27.4 Å². The van der Waals surface area contributed by atoms with E-state index in [0.717, 1.165) is 5.69 Å². The van der Waals surface area contributed by atoms with Crippen molar-refractivity contribution in [3.05, 3.63) is 59.7 Å². The Morgan fingerprint density at radius 2 is 1.40 bits per heavy atom. The summed E-state index contributed by atoms with van der Waals surface area (Å²) >= 11 is 0. The second-order valence-electron chi connectivity index (χ2n) is 5.86. The van der Waals surface area contributed by atoms with Gasteiger partial charge in [0.2, 0.25) is 0 Å². The smallest absolute Gasteiger partial charge is 0.303 e. The van der Waals surface area contributed by atoms with Crippen molar-refractivity contribution in [2.24, 2.45) is 21.8 Å². The van der Waals surface area contributed by atoms with E-state index < -0.39 is 5.97 Å². The van der Waals surface area contributed by atoms with Gasteiger partial charge in [-0.1, -0.05) is 12.6 Å². The van der Waals surface area contributed by atoms with Crippen molar-refractivity contribution in [2.75, 3.05) is 5.43 Å². The lowest BCUT2D eigenvalue weighted by molar-refractivity contribution is -0.138. The molecule has 0 fully saturated rings. The Hall–Kier alpha value is -4.08. The van der Waals surface area contributed by atoms with Gasteiger partial charge in [0.25, 0.3) is 0 Å². The number of nitrogens with one attached hydrogen (secondary N) is 3. The fourth-order valence-corrected chi connectivity index (χ4v) is 1.86. The fraction of sp³-hybridized carbons (Fsp3) is 0.200. The van der Waals surface area contributed by atoms with Crippen molar-refractivity contribution in [3.63, 3.8) is 0 Å². The molecule has 0 radical (unpaired) electrons. The number of nitrogens with two attached hydrogens (primary N) is 2. The molecule has 0 aliphatic heterocycles. The zero-order valence-electron chi connectivity index (χ0n) is 15.8. The van der Waals surface area contributed by atoms with E-state index in [1.165, 1.54) is 6.92 Å². The standard InChI is InChI=1S/C14H15N7.C5H8O3.CH4/c15-13(16)9-1-5-11(6-2-9)19-21-20-12-7-3-10(4-8-12)14(17)18;1-4(6)2-3-5(7)8;/h1-8H,(H3,15,16)(H3,17,18)(H,19,20);2-3H2,1H3,(H,7,8);1H4. The van der Waals surface area contributed by atoms with Crippen LogP contribution in [-0.4, -0.2) is 28.5 Å². The van der Waals surface area contributed by atoms with Crippen molar-refractivity contribution in [2.45, 2.75) is 27.2 Å². The normalized spacial score (nSPS) is 9.63. The molecule has 8 N–H and O–H groups in total. The first-order chi connectivity index (χ1) is 13.7. The van der Waals surface area contributed by atoms with Gasteiger partial charge in [-0.15, -0.1) is 5.11 Å². The Kier molecular flexibility index (Phi) is 11.4. The molecule has 10 nitrogen and oxygen atoms in total. The molecule has 30 heavy (non-hydrogen) atoms. The quantitative estimate of drug-likeness (QED) is 0.166. The number of carboxylic acids is 1. The molecule has 0 aliphatic rings. The van der Waals surface area contributed by atoms with Gasteiger partial charge in [0.1, 0.15) is 17.5 Å². The molecule has 0 spiro atoms. The molecule has 0 saturated heterocycles. The second kappa shape index (κ2) is 13.2. The molecule has 2 aromatic carbocycles. The van der Waals surface area contributed by atoms with Crippen LogP contribution < -0.4 is 16.9 Å². The van der Waals surface area contributed by atoms with Crippen LogP contribution >= 0.6 is 0 Å². The van der Waals surface area contributed by atoms with Crippen molar-refractivity contribution in [1.82, 2.24) is 0 Å². The van der Waals surface area contributed by atoms with E-state index in [1.807, 2.05) is 0 Å². The summed E-state index contributed by atoms with van der Waals surface area (Å²) in [5.41, 5.74) is 16.2. The summed E-state index contributed by atoms with van der Waals surface area (Å²) in [6.45, 7) is 1.38. The van der Waals surface area contributed by atoms with Crippen molar-refractivity contribution < 1.29 is 14.7 Å². The van der Waals surface area contributed by atoms with Gasteiger partial charge in [0.05, 0.1) is 17.8 Å². The van der Waals surface area contributed by atoms with Crippen LogP contribution in [-0.2, 0) is 9.59 Å². The lowest BCUT2D eigenvalue weighted by Crippen LogP contribution is -2.10. The van der Waals surface area contributed by atoms with Crippen molar-refractivity contribution >= 4 is 34.8 Å². The number of rotatable bonds is 8. The van der Waals surface area contributed by atoms with Gasteiger partial charge < -0.3 is 21.4 Å². The number of aliphatic carboxylic acids is 1. The molecule has 0 amide bonds. The van der Waals surface area contributed by atoms with E-state index in [-0.39, 0.29) is 37.7 Å². The summed E-state index contributed by atoms with van der Waals surface area (Å²) in [6.07, 6.45) is 0.102. The average molecular weight is 413 g/mol. The summed E-state index contributed by atoms with van der Waals surface area (Å²) in [4.78, 5) is 19.8. The monoisotopic (exact) mass is 413 g/mol. The minimum atomic E-state index is -0.916. The number of ketones is 1. The largest absolute Gasteiger partial charge is 0.481 e. The summed E-state index contributed by atoms with van der Waals surface area (Å²) in [5, 5.41) is 30.5. The molecular weight excluding hydrogens is 386 g/mol. The highest BCUT2D eigenvalue weighted by atomic mass is 16.4. The SMILES string of the molecule is C.CC(=O)CCC(=O)O.N=C(N)c1ccc(N=NNc2ccc(C(=N)N)cc2)cc1. The number of Topliss-reactive ketones (excluding diaryl/α,β-unsaturated/α-hetero) is 1. The minimum absolute atomic E-state index is 0. The van der Waals surface area contributed by atoms with Gasteiger partial charge in [0.15, 0.2) is 0 Å². The molecule has 2 aromatic rings. The second-order valence-corrected chi connectivity index (χ2v) is 5.86. The zero-order chi connectivity index (χ0) is 21.8. The molecule has 0 aromatic heterocycles. The van der Waals surface area contributed by atoms with E-state index in [1.54, 1.807) is 48.5 Å². The Balaban J connectivity index is 0.000000801. The lowest BCUT2D eigenvalue weighted by atomic mass is 10.2. The van der Waals surface area contributed by atoms with Gasteiger partial charge in [-0.3, -0.25) is 21.0 Å². The highest BCUT2D eigenvalue weighted by Gasteiger charge is 1.98. The predicted octanol–water partition coefficient (Wildman–Crippen LogP) is 3.44. The van der Waals surface area contributed by atoms with Crippen LogP contribution in [0, 0.1) is 10.8 Å². The predicted molar refractivity (Wildman–Crippen MR) is 117 cm³/mol. The number of carboxylic acid groups (broad SMARTS) is 1. The highest BCUT2D eigenvalue weighted by Crippen LogP contribution is 2.14. The van der Waals surface area contributed by atoms with Gasteiger partial charge >= 0.3 is 5.97 Å². The van der Waals surface area contributed by atoms with Crippen LogP contribution in [0.15, 0.2) is 58.9 Å². The van der Waals surface area contributed by atoms with Crippen LogP contribution in [0.25, 0.3) is 0 Å². The maximum atomic E-state index is 10.1. The van der Waals surface area contributed by atoms with Crippen LogP contribution in [0.2, 0.25) is 0 Å². The summed E-state index contributed by atoms with van der Waals surface area (Å²) in [5.74, 6) is -0.955. The topological polar surface area (TPSA) is 191 Å². The third-order valence-electron chi connectivity index (χ3n) is 3.41. The van der Waals surface area contributed by atoms with Gasteiger partial charge in [0, 0.05) is 17.5 Å². The Bertz CT molecular complexity index is 878. The Morgan fingerprint density at radius 1 is 0.933 bits per heavy atom. The van der Waals surface area contributed by atoms with Gasteiger partial charge in [-0.2, -0.15) is 0 Å². The molecule has 10 heteroatoms. The first kappa shape index (κ1) is 25.9. The molecule has 0 bridgehead atoms. The number of benzene rings is 2. The maximum absolute atomic E-state index is 10.1. The molecule has 0 aliphatic carbocycles. The third kappa shape index (κ3) is 10.3. The van der Waals surface area contributed by atoms with E-state index in [2.05, 4.69) is 15.8 Å². The number of hydrogen-bond acceptors (Lipinski definition) is 6. The maximum Gasteiger partial charge on any atom is 0.303 e. The van der Waals surface area contributed by atoms with Crippen LogP contribution in [0.4, 0.5) is 11.4 Å². The molecule has 2 rings (SSSR count). The molecule has 0 heterocycles. The number of anilines is 1. The van der Waals surface area contributed by atoms with Crippen LogP contribution in [0.1, 0.15) is 38.3 Å². The molecule has 0 saturated carbocycles. The Labute approximate surface area is 175 Å². The summed E-state index contributed by atoms with van der Waals surface area (Å²) < 4.78 is 0. The van der Waals surface area contributed by atoms with Gasteiger partial charge in [-0.05, 0) is 55.5 Å². The average Bonchev–Trinajstić information content (AvgIpc) is 2.67. The molecule has 0 atom stereocenters. The number of nitrogens with zero attached hydrogens (tertiary/aromatic N) is 2. The summed E-state index contributed by atoms with van der Waals surface area (Å²) in [6, 6.07) is 13.8. The minimum Gasteiger partial charge on any atom is -0.481 e. The third-order valence-corrected chi connectivity index (χ3v) is 3.41. The number of carbonyl (C=O) groups is 2. The number of hydrogen-bond donors (Lipinski definition) is 6.